The molecule has 0 aliphatic carbocycles. The third-order valence-electron chi connectivity index (χ3n) is 4.12. The van der Waals surface area contributed by atoms with Gasteiger partial charge in [0.15, 0.2) is 0 Å². The molecular formula is C15H19N3O. The number of carbonyl (C=O) groups is 1. The Morgan fingerprint density at radius 1 is 1.42 bits per heavy atom. The Balaban J connectivity index is 2.19. The first kappa shape index (κ1) is 12.2. The highest BCUT2D eigenvalue weighted by Gasteiger charge is 2.27. The number of piperidine rings is 1. The Kier molecular flexibility index (Phi) is 3.03. The predicted molar refractivity (Wildman–Crippen MR) is 76.1 cm³/mol. The largest absolute Gasteiger partial charge is 0.364 e. The third kappa shape index (κ3) is 2.02. The van der Waals surface area contributed by atoms with Crippen LogP contribution in [0.15, 0.2) is 30.3 Å². The van der Waals surface area contributed by atoms with Crippen LogP contribution >= 0.6 is 0 Å². The lowest BCUT2D eigenvalue weighted by atomic mass is 9.94. The molecule has 19 heavy (non-hydrogen) atoms. The van der Waals surface area contributed by atoms with Crippen molar-refractivity contribution < 1.29 is 4.79 Å². The summed E-state index contributed by atoms with van der Waals surface area (Å²) in [5.74, 6) is 0.184. The Morgan fingerprint density at radius 2 is 2.21 bits per heavy atom. The Morgan fingerprint density at radius 3 is 2.95 bits per heavy atom. The smallest absolute Gasteiger partial charge is 0.265 e. The number of rotatable bonds is 2. The highest BCUT2D eigenvalue weighted by Crippen LogP contribution is 2.30. The first-order chi connectivity index (χ1) is 9.18. The minimum absolute atomic E-state index is 0.288. The third-order valence-corrected chi connectivity index (χ3v) is 4.12. The summed E-state index contributed by atoms with van der Waals surface area (Å²) < 4.78 is 2.12. The number of hydrogen-bond donors (Lipinski definition) is 2. The normalized spacial score (nSPS) is 23.6. The van der Waals surface area contributed by atoms with E-state index >= 15 is 0 Å². The highest BCUT2D eigenvalue weighted by atomic mass is 16.1. The van der Waals surface area contributed by atoms with Crippen molar-refractivity contribution in [2.24, 2.45) is 11.7 Å². The van der Waals surface area contributed by atoms with Gasteiger partial charge in [0.05, 0.1) is 0 Å². The number of aromatic nitrogens is 1. The van der Waals surface area contributed by atoms with Crippen LogP contribution in [0.5, 0.6) is 0 Å². The van der Waals surface area contributed by atoms with Crippen molar-refractivity contribution in [1.82, 2.24) is 9.88 Å². The molecule has 0 saturated carbocycles. The molecule has 4 heteroatoms. The van der Waals surface area contributed by atoms with Crippen LogP contribution in [0.25, 0.3) is 10.9 Å². The molecule has 1 aliphatic rings. The molecule has 3 N–H and O–H groups in total. The van der Waals surface area contributed by atoms with Crippen LogP contribution in [0.3, 0.4) is 0 Å². The van der Waals surface area contributed by atoms with Gasteiger partial charge in [-0.1, -0.05) is 25.1 Å². The number of amides is 1. The van der Waals surface area contributed by atoms with E-state index in [2.05, 4.69) is 22.9 Å². The van der Waals surface area contributed by atoms with E-state index in [0.717, 1.165) is 30.4 Å². The van der Waals surface area contributed by atoms with Gasteiger partial charge in [0.1, 0.15) is 5.69 Å². The van der Waals surface area contributed by atoms with Gasteiger partial charge in [-0.05, 0) is 31.0 Å². The molecule has 1 fully saturated rings. The van der Waals surface area contributed by atoms with E-state index in [4.69, 9.17) is 5.73 Å². The average Bonchev–Trinajstić information content (AvgIpc) is 2.79. The van der Waals surface area contributed by atoms with Gasteiger partial charge in [0.25, 0.3) is 5.91 Å². The zero-order valence-corrected chi connectivity index (χ0v) is 11.1. The van der Waals surface area contributed by atoms with Crippen LogP contribution in [0.2, 0.25) is 0 Å². The zero-order valence-electron chi connectivity index (χ0n) is 11.1. The first-order valence-electron chi connectivity index (χ1n) is 6.79. The Labute approximate surface area is 112 Å². The SMILES string of the molecule is C[C@@H]1CCNC[C@@H]1n1c(C(N)=O)cc2ccccc21. The summed E-state index contributed by atoms with van der Waals surface area (Å²) in [6, 6.07) is 10.3. The van der Waals surface area contributed by atoms with Crippen molar-refractivity contribution in [3.8, 4) is 0 Å². The number of fused-ring (bicyclic) bond motifs is 1. The van der Waals surface area contributed by atoms with Gasteiger partial charge in [-0.2, -0.15) is 0 Å². The number of benzene rings is 1. The van der Waals surface area contributed by atoms with E-state index in [-0.39, 0.29) is 11.9 Å². The quantitative estimate of drug-likeness (QED) is 0.863. The standard InChI is InChI=1S/C15H19N3O/c1-10-6-7-17-9-14(10)18-12-5-3-2-4-11(12)8-13(18)15(16)19/h2-5,8,10,14,17H,6-7,9H2,1H3,(H2,16,19)/t10-,14+/m1/s1. The lowest BCUT2D eigenvalue weighted by Crippen LogP contribution is -2.38. The maximum Gasteiger partial charge on any atom is 0.265 e. The van der Waals surface area contributed by atoms with Gasteiger partial charge in [0.2, 0.25) is 0 Å². The second kappa shape index (κ2) is 4.70. The lowest BCUT2D eigenvalue weighted by Gasteiger charge is -2.32. The number of nitrogens with one attached hydrogen (secondary N) is 1. The molecule has 0 spiro atoms. The molecule has 1 amide bonds. The predicted octanol–water partition coefficient (Wildman–Crippen LogP) is 1.91. The fourth-order valence-corrected chi connectivity index (χ4v) is 3.04. The van der Waals surface area contributed by atoms with E-state index in [1.54, 1.807) is 0 Å². The Bertz CT molecular complexity index is 617. The minimum Gasteiger partial charge on any atom is -0.364 e. The summed E-state index contributed by atoms with van der Waals surface area (Å²) in [5, 5.41) is 4.49. The number of nitrogens with two attached hydrogens (primary N) is 1. The van der Waals surface area contributed by atoms with Crippen LogP contribution < -0.4 is 11.1 Å². The van der Waals surface area contributed by atoms with Crippen molar-refractivity contribution in [3.05, 3.63) is 36.0 Å². The zero-order chi connectivity index (χ0) is 13.4. The molecule has 0 radical (unpaired) electrons. The number of para-hydroxylation sites is 1. The summed E-state index contributed by atoms with van der Waals surface area (Å²) in [6.07, 6.45) is 1.12. The first-order valence-corrected chi connectivity index (χ1v) is 6.79. The second-order valence-corrected chi connectivity index (χ2v) is 5.36. The number of hydrogen-bond acceptors (Lipinski definition) is 2. The molecule has 1 saturated heterocycles. The van der Waals surface area contributed by atoms with E-state index in [1.807, 2.05) is 24.3 Å². The van der Waals surface area contributed by atoms with Gasteiger partial charge < -0.3 is 15.6 Å². The van der Waals surface area contributed by atoms with Gasteiger partial charge in [-0.15, -0.1) is 0 Å². The summed E-state index contributed by atoms with van der Waals surface area (Å²) >= 11 is 0. The molecule has 1 aromatic heterocycles. The average molecular weight is 257 g/mol. The number of nitrogens with zero attached hydrogens (tertiary/aromatic N) is 1. The molecule has 2 heterocycles. The summed E-state index contributed by atoms with van der Waals surface area (Å²) in [4.78, 5) is 11.7. The van der Waals surface area contributed by atoms with Gasteiger partial charge in [-0.25, -0.2) is 0 Å². The van der Waals surface area contributed by atoms with Crippen molar-refractivity contribution in [3.63, 3.8) is 0 Å². The van der Waals surface area contributed by atoms with Crippen LogP contribution in [0, 0.1) is 5.92 Å². The maximum absolute atomic E-state index is 11.7. The lowest BCUT2D eigenvalue weighted by molar-refractivity contribution is 0.0986. The van der Waals surface area contributed by atoms with Crippen LogP contribution in [-0.4, -0.2) is 23.6 Å². The maximum atomic E-state index is 11.7. The van der Waals surface area contributed by atoms with E-state index in [0.29, 0.717) is 11.6 Å². The molecule has 4 nitrogen and oxygen atoms in total. The van der Waals surface area contributed by atoms with Crippen molar-refractivity contribution in [2.45, 2.75) is 19.4 Å². The molecule has 100 valence electrons. The molecule has 1 aromatic carbocycles. The molecule has 2 aromatic rings. The summed E-state index contributed by atoms with van der Waals surface area (Å²) in [6.45, 7) is 4.17. The van der Waals surface area contributed by atoms with Crippen LogP contribution in [-0.2, 0) is 0 Å². The molecule has 2 atom stereocenters. The van der Waals surface area contributed by atoms with Crippen LogP contribution in [0.1, 0.15) is 29.9 Å². The Hall–Kier alpha value is -1.81. The summed E-state index contributed by atoms with van der Waals surface area (Å²) in [7, 11) is 0. The van der Waals surface area contributed by atoms with Crippen molar-refractivity contribution >= 4 is 16.8 Å². The van der Waals surface area contributed by atoms with Gasteiger partial charge in [0, 0.05) is 23.5 Å². The van der Waals surface area contributed by atoms with Crippen LogP contribution in [0.4, 0.5) is 0 Å². The van der Waals surface area contributed by atoms with Gasteiger partial charge >= 0.3 is 0 Å². The van der Waals surface area contributed by atoms with Crippen molar-refractivity contribution in [2.75, 3.05) is 13.1 Å². The number of carbonyl (C=O) groups excluding carboxylic acids is 1. The number of primary amides is 1. The molecule has 0 bridgehead atoms. The van der Waals surface area contributed by atoms with Gasteiger partial charge in [-0.3, -0.25) is 4.79 Å². The fraction of sp³-hybridized carbons (Fsp3) is 0.400. The monoisotopic (exact) mass is 257 g/mol. The van der Waals surface area contributed by atoms with E-state index in [9.17, 15) is 4.79 Å². The van der Waals surface area contributed by atoms with E-state index in [1.165, 1.54) is 0 Å². The molecule has 1 aliphatic heterocycles. The fourth-order valence-electron chi connectivity index (χ4n) is 3.04. The molecular weight excluding hydrogens is 238 g/mol. The van der Waals surface area contributed by atoms with Crippen molar-refractivity contribution in [1.29, 1.82) is 0 Å². The van der Waals surface area contributed by atoms with E-state index < -0.39 is 0 Å². The summed E-state index contributed by atoms with van der Waals surface area (Å²) in [5.41, 5.74) is 7.26. The topological polar surface area (TPSA) is 60.1 Å². The highest BCUT2D eigenvalue weighted by molar-refractivity contribution is 5.97. The molecule has 0 unspecified atom stereocenters. The molecule has 3 rings (SSSR count). The minimum atomic E-state index is -0.353. The second-order valence-electron chi connectivity index (χ2n) is 5.36.